The molecule has 0 saturated carbocycles. The Balaban J connectivity index is 2.30. The van der Waals surface area contributed by atoms with E-state index in [2.05, 4.69) is 26.1 Å². The van der Waals surface area contributed by atoms with Crippen LogP contribution in [0.4, 0.5) is 0 Å². The van der Waals surface area contributed by atoms with Crippen molar-refractivity contribution in [3.8, 4) is 10.7 Å². The maximum atomic E-state index is 6.08. The highest BCUT2D eigenvalue weighted by Crippen LogP contribution is 2.32. The van der Waals surface area contributed by atoms with Crippen molar-refractivity contribution in [2.24, 2.45) is 0 Å². The van der Waals surface area contributed by atoms with E-state index in [-0.39, 0.29) is 0 Å². The van der Waals surface area contributed by atoms with Crippen molar-refractivity contribution in [3.63, 3.8) is 0 Å². The molecule has 80 valence electrons. The van der Waals surface area contributed by atoms with Crippen molar-refractivity contribution in [3.05, 3.63) is 39.3 Å². The number of hydrogen-bond acceptors (Lipinski definition) is 3. The second-order valence-corrected chi connectivity index (χ2v) is 5.43. The predicted octanol–water partition coefficient (Wildman–Crippen LogP) is 3.87. The molecular formula is C10H5BrClN3S. The highest BCUT2D eigenvalue weighted by molar-refractivity contribution is 9.10. The average molecular weight is 315 g/mol. The average Bonchev–Trinajstić information content (AvgIpc) is 2.83. The summed E-state index contributed by atoms with van der Waals surface area (Å²) in [6.07, 6.45) is 1.92. The molecule has 3 aromatic heterocycles. The normalized spacial score (nSPS) is 11.1. The Kier molecular flexibility index (Phi) is 2.46. The number of fused-ring (bicyclic) bond motifs is 1. The van der Waals surface area contributed by atoms with Gasteiger partial charge in [-0.05, 0) is 23.6 Å². The zero-order valence-electron chi connectivity index (χ0n) is 7.89. The van der Waals surface area contributed by atoms with E-state index in [1.54, 1.807) is 11.3 Å². The van der Waals surface area contributed by atoms with Crippen LogP contribution in [0.5, 0.6) is 0 Å². The van der Waals surface area contributed by atoms with Crippen LogP contribution in [0.3, 0.4) is 0 Å². The lowest BCUT2D eigenvalue weighted by Crippen LogP contribution is -1.86. The van der Waals surface area contributed by atoms with Gasteiger partial charge in [0.25, 0.3) is 0 Å². The van der Waals surface area contributed by atoms with Gasteiger partial charge in [0.15, 0.2) is 11.5 Å². The first kappa shape index (κ1) is 10.3. The van der Waals surface area contributed by atoms with Gasteiger partial charge >= 0.3 is 0 Å². The van der Waals surface area contributed by atoms with Crippen molar-refractivity contribution in [1.82, 2.24) is 14.6 Å². The smallest absolute Gasteiger partial charge is 0.179 e. The van der Waals surface area contributed by atoms with Crippen LogP contribution in [0, 0.1) is 0 Å². The van der Waals surface area contributed by atoms with E-state index in [9.17, 15) is 0 Å². The monoisotopic (exact) mass is 313 g/mol. The number of rotatable bonds is 1. The van der Waals surface area contributed by atoms with Crippen LogP contribution in [-0.2, 0) is 0 Å². The first-order valence-corrected chi connectivity index (χ1v) is 6.54. The molecule has 6 heteroatoms. The zero-order chi connectivity index (χ0) is 11.1. The lowest BCUT2D eigenvalue weighted by atomic mass is 10.4. The van der Waals surface area contributed by atoms with Gasteiger partial charge in [0.2, 0.25) is 0 Å². The molecule has 3 rings (SSSR count). The maximum absolute atomic E-state index is 6.08. The van der Waals surface area contributed by atoms with Gasteiger partial charge in [-0.15, -0.1) is 21.5 Å². The van der Waals surface area contributed by atoms with Crippen LogP contribution in [0.1, 0.15) is 0 Å². The number of aromatic nitrogens is 3. The molecule has 0 aliphatic carbocycles. The fourth-order valence-electron chi connectivity index (χ4n) is 1.47. The Hall–Kier alpha value is -0.910. The summed E-state index contributed by atoms with van der Waals surface area (Å²) < 4.78 is 2.90. The van der Waals surface area contributed by atoms with Gasteiger partial charge < -0.3 is 0 Å². The van der Waals surface area contributed by atoms with Gasteiger partial charge in [-0.1, -0.05) is 27.5 Å². The molecule has 3 aromatic rings. The van der Waals surface area contributed by atoms with Gasteiger partial charge in [0.05, 0.1) is 9.90 Å². The SMILES string of the molecule is Clc1ccsc1-c1nnc2cc(Br)ccn12. The van der Waals surface area contributed by atoms with Crippen LogP contribution in [0.25, 0.3) is 16.3 Å². The molecule has 0 unspecified atom stereocenters. The minimum atomic E-state index is 0.710. The summed E-state index contributed by atoms with van der Waals surface area (Å²) in [6, 6.07) is 5.72. The molecule has 0 spiro atoms. The summed E-state index contributed by atoms with van der Waals surface area (Å²) in [7, 11) is 0. The topological polar surface area (TPSA) is 30.2 Å². The molecule has 0 atom stereocenters. The molecule has 3 heterocycles. The lowest BCUT2D eigenvalue weighted by Gasteiger charge is -1.97. The zero-order valence-corrected chi connectivity index (χ0v) is 11.1. The number of nitrogens with zero attached hydrogens (tertiary/aromatic N) is 3. The molecule has 0 N–H and O–H groups in total. The van der Waals surface area contributed by atoms with E-state index in [1.165, 1.54) is 0 Å². The van der Waals surface area contributed by atoms with Crippen LogP contribution in [0.2, 0.25) is 5.02 Å². The standard InChI is InChI=1S/C10H5BrClN3S/c11-6-1-3-15-8(5-6)13-14-10(15)9-7(12)2-4-16-9/h1-5H. The van der Waals surface area contributed by atoms with Crippen molar-refractivity contribution in [2.45, 2.75) is 0 Å². The van der Waals surface area contributed by atoms with E-state index in [0.717, 1.165) is 20.8 Å². The molecule has 0 bridgehead atoms. The van der Waals surface area contributed by atoms with Gasteiger partial charge in [-0.2, -0.15) is 0 Å². The van der Waals surface area contributed by atoms with E-state index < -0.39 is 0 Å². The van der Waals surface area contributed by atoms with Crippen molar-refractivity contribution in [2.75, 3.05) is 0 Å². The van der Waals surface area contributed by atoms with E-state index in [4.69, 9.17) is 11.6 Å². The highest BCUT2D eigenvalue weighted by Gasteiger charge is 2.12. The molecule has 0 fully saturated rings. The Bertz CT molecular complexity index is 661. The molecule has 0 amide bonds. The Labute approximate surface area is 109 Å². The van der Waals surface area contributed by atoms with Crippen molar-refractivity contribution >= 4 is 44.5 Å². The summed E-state index contributed by atoms with van der Waals surface area (Å²) in [5.41, 5.74) is 0.800. The first-order valence-electron chi connectivity index (χ1n) is 4.49. The van der Waals surface area contributed by atoms with Gasteiger partial charge in [0.1, 0.15) is 0 Å². The first-order chi connectivity index (χ1) is 7.75. The molecule has 0 aliphatic rings. The number of hydrogen-bond donors (Lipinski definition) is 0. The molecular weight excluding hydrogens is 310 g/mol. The molecule has 0 radical (unpaired) electrons. The number of pyridine rings is 1. The number of halogens is 2. The van der Waals surface area contributed by atoms with Crippen molar-refractivity contribution in [1.29, 1.82) is 0 Å². The number of thiophene rings is 1. The van der Waals surface area contributed by atoms with Crippen LogP contribution < -0.4 is 0 Å². The van der Waals surface area contributed by atoms with Crippen molar-refractivity contribution < 1.29 is 0 Å². The molecule has 0 saturated heterocycles. The fourth-order valence-corrected chi connectivity index (χ4v) is 2.92. The van der Waals surface area contributed by atoms with Crippen LogP contribution >= 0.6 is 38.9 Å². The van der Waals surface area contributed by atoms with Gasteiger partial charge in [0, 0.05) is 10.7 Å². The third-order valence-corrected chi connectivity index (χ3v) is 4.02. The van der Waals surface area contributed by atoms with Crippen LogP contribution in [-0.4, -0.2) is 14.6 Å². The predicted molar refractivity (Wildman–Crippen MR) is 69.0 cm³/mol. The quantitative estimate of drug-likeness (QED) is 0.682. The molecule has 0 aromatic carbocycles. The summed E-state index contributed by atoms with van der Waals surface area (Å²) in [4.78, 5) is 0.941. The molecule has 3 nitrogen and oxygen atoms in total. The lowest BCUT2D eigenvalue weighted by molar-refractivity contribution is 1.12. The van der Waals surface area contributed by atoms with E-state index in [0.29, 0.717) is 5.02 Å². The minimum Gasteiger partial charge on any atom is -0.282 e. The summed E-state index contributed by atoms with van der Waals surface area (Å²) >= 11 is 11.0. The van der Waals surface area contributed by atoms with Gasteiger partial charge in [-0.3, -0.25) is 4.40 Å². The minimum absolute atomic E-state index is 0.710. The third-order valence-electron chi connectivity index (χ3n) is 2.19. The fraction of sp³-hybridized carbons (Fsp3) is 0. The summed E-state index contributed by atoms with van der Waals surface area (Å²) in [5.74, 6) is 0.780. The second kappa shape index (κ2) is 3.84. The maximum Gasteiger partial charge on any atom is 0.179 e. The Morgan fingerprint density at radius 2 is 2.19 bits per heavy atom. The Morgan fingerprint density at radius 3 is 2.94 bits per heavy atom. The van der Waals surface area contributed by atoms with E-state index in [1.807, 2.05) is 34.2 Å². The van der Waals surface area contributed by atoms with Crippen LogP contribution in [0.15, 0.2) is 34.2 Å². The summed E-state index contributed by atoms with van der Waals surface area (Å²) in [6.45, 7) is 0. The van der Waals surface area contributed by atoms with Gasteiger partial charge in [-0.25, -0.2) is 0 Å². The Morgan fingerprint density at radius 1 is 1.31 bits per heavy atom. The molecule has 0 aliphatic heterocycles. The third kappa shape index (κ3) is 1.55. The largest absolute Gasteiger partial charge is 0.282 e. The highest BCUT2D eigenvalue weighted by atomic mass is 79.9. The van der Waals surface area contributed by atoms with E-state index >= 15 is 0 Å². The summed E-state index contributed by atoms with van der Waals surface area (Å²) in [5, 5.41) is 10.9. The second-order valence-electron chi connectivity index (χ2n) is 3.19. The molecule has 16 heavy (non-hydrogen) atoms.